The highest BCUT2D eigenvalue weighted by Gasteiger charge is 2.29. The minimum atomic E-state index is -3.76. The topological polar surface area (TPSA) is 103 Å². The number of sulfonamides is 1. The highest BCUT2D eigenvalue weighted by molar-refractivity contribution is 7.89. The van der Waals surface area contributed by atoms with Crippen LogP contribution < -0.4 is 10.1 Å². The monoisotopic (exact) mass is 428 g/mol. The van der Waals surface area contributed by atoms with Crippen LogP contribution in [0.4, 0.5) is 5.69 Å². The van der Waals surface area contributed by atoms with Crippen molar-refractivity contribution in [2.45, 2.75) is 30.3 Å². The molecule has 0 aliphatic carbocycles. The number of carbonyl (C=O) groups is 1. The van der Waals surface area contributed by atoms with E-state index >= 15 is 0 Å². The lowest BCUT2D eigenvalue weighted by atomic mass is 10.2. The van der Waals surface area contributed by atoms with E-state index in [4.69, 9.17) is 18.9 Å². The maximum atomic E-state index is 13.0. The quantitative estimate of drug-likeness (QED) is 0.590. The summed E-state index contributed by atoms with van der Waals surface area (Å²) in [7, 11) is -2.34. The van der Waals surface area contributed by atoms with Crippen LogP contribution in [-0.2, 0) is 29.0 Å². The van der Waals surface area contributed by atoms with Gasteiger partial charge in [0.15, 0.2) is 0 Å². The molecule has 2 aliphatic heterocycles. The lowest BCUT2D eigenvalue weighted by Gasteiger charge is -2.26. The van der Waals surface area contributed by atoms with Crippen molar-refractivity contribution in [3.63, 3.8) is 0 Å². The minimum absolute atomic E-state index is 0.0225. The fraction of sp³-hybridized carbons (Fsp3) is 0.632. The van der Waals surface area contributed by atoms with E-state index in [1.165, 1.54) is 23.5 Å². The van der Waals surface area contributed by atoms with Crippen molar-refractivity contribution < 1.29 is 32.2 Å². The van der Waals surface area contributed by atoms with Crippen LogP contribution in [0, 0.1) is 0 Å². The Morgan fingerprint density at radius 1 is 1.28 bits per heavy atom. The van der Waals surface area contributed by atoms with Gasteiger partial charge in [-0.15, -0.1) is 0 Å². The van der Waals surface area contributed by atoms with Crippen molar-refractivity contribution in [3.8, 4) is 5.75 Å². The van der Waals surface area contributed by atoms with Crippen LogP contribution in [0.2, 0.25) is 0 Å². The molecule has 1 N–H and O–H groups in total. The van der Waals surface area contributed by atoms with E-state index in [0.717, 1.165) is 19.4 Å². The molecule has 1 aromatic carbocycles. The van der Waals surface area contributed by atoms with Gasteiger partial charge in [0.05, 0.1) is 46.1 Å². The Balaban J connectivity index is 1.59. The van der Waals surface area contributed by atoms with Crippen LogP contribution in [-0.4, -0.2) is 78.0 Å². The van der Waals surface area contributed by atoms with E-state index in [9.17, 15) is 13.2 Å². The summed E-state index contributed by atoms with van der Waals surface area (Å²) in [6, 6.07) is 4.58. The Morgan fingerprint density at radius 3 is 2.76 bits per heavy atom. The smallest absolute Gasteiger partial charge is 0.246 e. The molecule has 10 heteroatoms. The van der Waals surface area contributed by atoms with E-state index in [-0.39, 0.29) is 48.8 Å². The number of amides is 1. The molecule has 1 atom stereocenters. The van der Waals surface area contributed by atoms with Crippen LogP contribution in [0.5, 0.6) is 5.75 Å². The number of anilines is 1. The van der Waals surface area contributed by atoms with Gasteiger partial charge in [0, 0.05) is 25.4 Å². The first-order valence-corrected chi connectivity index (χ1v) is 11.2. The summed E-state index contributed by atoms with van der Waals surface area (Å²) in [4.78, 5) is 12.2. The number of morpholine rings is 1. The first kappa shape index (κ1) is 22.0. The van der Waals surface area contributed by atoms with E-state index in [1.807, 2.05) is 0 Å². The normalized spacial score (nSPS) is 20.5. The van der Waals surface area contributed by atoms with E-state index in [1.54, 1.807) is 6.07 Å². The molecule has 0 spiro atoms. The van der Waals surface area contributed by atoms with Gasteiger partial charge >= 0.3 is 0 Å². The summed E-state index contributed by atoms with van der Waals surface area (Å²) < 4.78 is 48.8. The Labute approximate surface area is 171 Å². The Kier molecular flexibility index (Phi) is 7.84. The lowest BCUT2D eigenvalue weighted by Crippen LogP contribution is -2.40. The lowest BCUT2D eigenvalue weighted by molar-refractivity contribution is -0.117. The largest absolute Gasteiger partial charge is 0.495 e. The average molecular weight is 429 g/mol. The Bertz CT molecular complexity index is 788. The van der Waals surface area contributed by atoms with Gasteiger partial charge in [-0.05, 0) is 31.0 Å². The number of hydrogen-bond donors (Lipinski definition) is 1. The number of carbonyl (C=O) groups excluding carboxylic acids is 1. The highest BCUT2D eigenvalue weighted by Crippen LogP contribution is 2.30. The summed E-state index contributed by atoms with van der Waals surface area (Å²) in [6.45, 7) is 2.79. The number of methoxy groups -OCH3 is 1. The van der Waals surface area contributed by atoms with Gasteiger partial charge in [-0.3, -0.25) is 4.79 Å². The molecule has 0 saturated carbocycles. The zero-order valence-corrected chi connectivity index (χ0v) is 17.4. The fourth-order valence-corrected chi connectivity index (χ4v) is 4.85. The molecule has 2 fully saturated rings. The number of ether oxygens (including phenoxy) is 4. The third-order valence-corrected chi connectivity index (χ3v) is 6.76. The Morgan fingerprint density at radius 2 is 2.07 bits per heavy atom. The van der Waals surface area contributed by atoms with Gasteiger partial charge in [-0.1, -0.05) is 0 Å². The molecule has 1 amide bonds. The Hall–Kier alpha value is -1.72. The molecule has 162 valence electrons. The first-order chi connectivity index (χ1) is 14.0. The van der Waals surface area contributed by atoms with Crippen molar-refractivity contribution in [1.29, 1.82) is 0 Å². The first-order valence-electron chi connectivity index (χ1n) is 9.76. The second kappa shape index (κ2) is 10.4. The van der Waals surface area contributed by atoms with Crippen molar-refractivity contribution in [2.75, 3.05) is 58.6 Å². The minimum Gasteiger partial charge on any atom is -0.495 e. The number of benzene rings is 1. The fourth-order valence-electron chi connectivity index (χ4n) is 3.26. The van der Waals surface area contributed by atoms with Crippen LogP contribution in [0.15, 0.2) is 23.1 Å². The average Bonchev–Trinajstić information content (AvgIpc) is 3.25. The molecule has 1 aromatic rings. The van der Waals surface area contributed by atoms with Gasteiger partial charge in [0.25, 0.3) is 0 Å². The summed E-state index contributed by atoms with van der Waals surface area (Å²) in [5.41, 5.74) is 0.391. The highest BCUT2D eigenvalue weighted by atomic mass is 32.2. The molecular formula is C19H28N2O7S. The number of rotatable bonds is 9. The van der Waals surface area contributed by atoms with Crippen molar-refractivity contribution in [3.05, 3.63) is 18.2 Å². The standard InChI is InChI=1S/C19H28N2O7S/c1-25-17-5-4-15(13-18(17)29(23,24)21-7-11-26-12-8-21)20-19(22)6-10-27-14-16-3-2-9-28-16/h4-5,13,16H,2-3,6-12,14H2,1H3,(H,20,22). The predicted octanol–water partition coefficient (Wildman–Crippen LogP) is 1.24. The van der Waals surface area contributed by atoms with Gasteiger partial charge < -0.3 is 24.3 Å². The van der Waals surface area contributed by atoms with E-state index in [2.05, 4.69) is 5.32 Å². The number of nitrogens with one attached hydrogen (secondary N) is 1. The van der Waals surface area contributed by atoms with Crippen molar-refractivity contribution in [2.24, 2.45) is 0 Å². The number of nitrogens with zero attached hydrogens (tertiary/aromatic N) is 1. The molecule has 0 aromatic heterocycles. The summed E-state index contributed by atoms with van der Waals surface area (Å²) in [5, 5.41) is 2.72. The van der Waals surface area contributed by atoms with Gasteiger partial charge in [-0.25, -0.2) is 8.42 Å². The van der Waals surface area contributed by atoms with Crippen LogP contribution in [0.25, 0.3) is 0 Å². The molecule has 2 aliphatic rings. The third-order valence-electron chi connectivity index (χ3n) is 4.84. The summed E-state index contributed by atoms with van der Waals surface area (Å²) in [5.74, 6) is -0.0217. The van der Waals surface area contributed by atoms with Gasteiger partial charge in [0.1, 0.15) is 10.6 Å². The van der Waals surface area contributed by atoms with Crippen molar-refractivity contribution >= 4 is 21.6 Å². The molecule has 9 nitrogen and oxygen atoms in total. The van der Waals surface area contributed by atoms with E-state index in [0.29, 0.717) is 25.5 Å². The van der Waals surface area contributed by atoms with Crippen LogP contribution >= 0.6 is 0 Å². The molecule has 0 bridgehead atoms. The molecule has 29 heavy (non-hydrogen) atoms. The summed E-state index contributed by atoms with van der Waals surface area (Å²) >= 11 is 0. The second-order valence-electron chi connectivity index (χ2n) is 6.89. The summed E-state index contributed by atoms with van der Waals surface area (Å²) in [6.07, 6.45) is 2.32. The third kappa shape index (κ3) is 5.89. The van der Waals surface area contributed by atoms with Crippen LogP contribution in [0.1, 0.15) is 19.3 Å². The molecule has 1 unspecified atom stereocenters. The second-order valence-corrected chi connectivity index (χ2v) is 8.80. The SMILES string of the molecule is COc1ccc(NC(=O)CCOCC2CCCO2)cc1S(=O)(=O)N1CCOCC1. The zero-order chi connectivity index (χ0) is 20.7. The molecule has 2 heterocycles. The number of hydrogen-bond acceptors (Lipinski definition) is 7. The molecule has 2 saturated heterocycles. The molecular weight excluding hydrogens is 400 g/mol. The zero-order valence-electron chi connectivity index (χ0n) is 16.6. The maximum Gasteiger partial charge on any atom is 0.246 e. The van der Waals surface area contributed by atoms with E-state index < -0.39 is 10.0 Å². The maximum absolute atomic E-state index is 13.0. The van der Waals surface area contributed by atoms with Crippen LogP contribution in [0.3, 0.4) is 0 Å². The van der Waals surface area contributed by atoms with Gasteiger partial charge in [0.2, 0.25) is 15.9 Å². The van der Waals surface area contributed by atoms with Crippen molar-refractivity contribution in [1.82, 2.24) is 4.31 Å². The molecule has 0 radical (unpaired) electrons. The molecule has 3 rings (SSSR count). The predicted molar refractivity (Wildman–Crippen MR) is 106 cm³/mol. The van der Waals surface area contributed by atoms with Gasteiger partial charge in [-0.2, -0.15) is 4.31 Å².